The van der Waals surface area contributed by atoms with Crippen molar-refractivity contribution in [2.75, 3.05) is 25.6 Å². The van der Waals surface area contributed by atoms with Gasteiger partial charge in [-0.25, -0.2) is 14.6 Å². The van der Waals surface area contributed by atoms with Gasteiger partial charge >= 0.3 is 7.75 Å². The van der Waals surface area contributed by atoms with Gasteiger partial charge in [-0.1, -0.05) is 18.2 Å². The van der Waals surface area contributed by atoms with Crippen LogP contribution in [0.3, 0.4) is 0 Å². The SMILES string of the molecule is C[C@H](NP(=O)(OCCOCn1cnc2c(=O)[nH]c(N)nc21)Oc1ccccc1)C(=O)CO. The van der Waals surface area contributed by atoms with Crippen LogP contribution in [0.4, 0.5) is 5.95 Å². The number of nitrogens with zero attached hydrogens (tertiary/aromatic N) is 3. The Hall–Kier alpha value is -3.09. The number of aliphatic hydroxyl groups is 1. The highest BCUT2D eigenvalue weighted by Gasteiger charge is 2.31. The van der Waals surface area contributed by atoms with Crippen LogP contribution in [0.1, 0.15) is 6.92 Å². The molecule has 13 nitrogen and oxygen atoms in total. The van der Waals surface area contributed by atoms with E-state index in [9.17, 15) is 14.2 Å². The maximum Gasteiger partial charge on any atom is 0.459 e. The Bertz CT molecular complexity index is 1170. The zero-order chi connectivity index (χ0) is 23.1. The molecular formula is C18H23N6O7P. The summed E-state index contributed by atoms with van der Waals surface area (Å²) in [6.45, 7) is 0.531. The number of H-pyrrole nitrogens is 1. The van der Waals surface area contributed by atoms with Crippen LogP contribution < -0.4 is 20.9 Å². The molecule has 5 N–H and O–H groups in total. The number of carbonyl (C=O) groups is 1. The zero-order valence-electron chi connectivity index (χ0n) is 17.1. The Morgan fingerprint density at radius 1 is 1.34 bits per heavy atom. The van der Waals surface area contributed by atoms with E-state index in [0.29, 0.717) is 0 Å². The highest BCUT2D eigenvalue weighted by molar-refractivity contribution is 7.52. The van der Waals surface area contributed by atoms with Gasteiger partial charge < -0.3 is 20.1 Å². The minimum Gasteiger partial charge on any atom is -0.413 e. The molecule has 0 radical (unpaired) electrons. The summed E-state index contributed by atoms with van der Waals surface area (Å²) >= 11 is 0. The van der Waals surface area contributed by atoms with E-state index in [4.69, 9.17) is 24.6 Å². The van der Waals surface area contributed by atoms with Gasteiger partial charge in [-0.3, -0.25) is 23.7 Å². The van der Waals surface area contributed by atoms with Crippen LogP contribution in [0.15, 0.2) is 41.5 Å². The van der Waals surface area contributed by atoms with Crippen molar-refractivity contribution in [3.8, 4) is 5.75 Å². The van der Waals surface area contributed by atoms with E-state index >= 15 is 0 Å². The molecule has 0 aliphatic rings. The van der Waals surface area contributed by atoms with Crippen molar-refractivity contribution in [1.82, 2.24) is 24.6 Å². The molecule has 3 rings (SSSR count). The fourth-order valence-corrected chi connectivity index (χ4v) is 4.11. The number of aliphatic hydroxyl groups excluding tert-OH is 1. The molecule has 0 amide bonds. The van der Waals surface area contributed by atoms with Crippen LogP contribution in [0.2, 0.25) is 0 Å². The van der Waals surface area contributed by atoms with Crippen LogP contribution in [-0.4, -0.2) is 56.3 Å². The molecule has 0 saturated heterocycles. The van der Waals surface area contributed by atoms with E-state index in [-0.39, 0.29) is 42.8 Å². The lowest BCUT2D eigenvalue weighted by atomic mass is 10.2. The summed E-state index contributed by atoms with van der Waals surface area (Å²) in [5.74, 6) is -0.355. The number of aromatic nitrogens is 4. The van der Waals surface area contributed by atoms with E-state index in [1.54, 1.807) is 30.3 Å². The molecule has 0 saturated carbocycles. The normalized spacial score (nSPS) is 14.2. The Labute approximate surface area is 182 Å². The predicted molar refractivity (Wildman–Crippen MR) is 114 cm³/mol. The molecule has 0 aliphatic heterocycles. The predicted octanol–water partition coefficient (Wildman–Crippen LogP) is 0.419. The van der Waals surface area contributed by atoms with E-state index < -0.39 is 31.7 Å². The number of imidazole rings is 1. The number of Topliss-reactive ketones (excluding diaryl/α,β-unsaturated/α-hetero) is 1. The van der Waals surface area contributed by atoms with Crippen LogP contribution >= 0.6 is 7.75 Å². The third kappa shape index (κ3) is 5.99. The number of fused-ring (bicyclic) bond motifs is 1. The van der Waals surface area contributed by atoms with Gasteiger partial charge in [-0.15, -0.1) is 0 Å². The maximum atomic E-state index is 13.1. The number of rotatable bonds is 12. The molecule has 2 atom stereocenters. The van der Waals surface area contributed by atoms with Crippen molar-refractivity contribution in [1.29, 1.82) is 0 Å². The van der Waals surface area contributed by atoms with Gasteiger partial charge in [0.05, 0.1) is 25.6 Å². The first-order valence-electron chi connectivity index (χ1n) is 9.50. The topological polar surface area (TPSA) is 184 Å². The summed E-state index contributed by atoms with van der Waals surface area (Å²) in [5, 5.41) is 11.5. The van der Waals surface area contributed by atoms with E-state index in [2.05, 4.69) is 20.0 Å². The van der Waals surface area contributed by atoms with Gasteiger partial charge in [0, 0.05) is 0 Å². The molecule has 0 bridgehead atoms. The molecule has 3 aromatic rings. The number of aromatic amines is 1. The van der Waals surface area contributed by atoms with Crippen LogP contribution in [-0.2, 0) is 25.4 Å². The summed E-state index contributed by atoms with van der Waals surface area (Å²) in [6, 6.07) is 7.32. The molecule has 0 spiro atoms. The number of nitrogens with one attached hydrogen (secondary N) is 2. The maximum absolute atomic E-state index is 13.1. The van der Waals surface area contributed by atoms with Crippen LogP contribution in [0, 0.1) is 0 Å². The molecule has 0 fully saturated rings. The molecule has 2 aromatic heterocycles. The van der Waals surface area contributed by atoms with Crippen molar-refractivity contribution in [3.05, 3.63) is 47.0 Å². The van der Waals surface area contributed by atoms with Gasteiger partial charge in [0.15, 0.2) is 16.9 Å². The Morgan fingerprint density at radius 3 is 2.81 bits per heavy atom. The van der Waals surface area contributed by atoms with E-state index in [1.807, 2.05) is 0 Å². The number of anilines is 1. The lowest BCUT2D eigenvalue weighted by Crippen LogP contribution is -2.35. The third-order valence-corrected chi connectivity index (χ3v) is 5.85. The largest absolute Gasteiger partial charge is 0.459 e. The number of hydrogen-bond acceptors (Lipinski definition) is 10. The van der Waals surface area contributed by atoms with Gasteiger partial charge in [-0.2, -0.15) is 4.98 Å². The monoisotopic (exact) mass is 466 g/mol. The minimum atomic E-state index is -3.97. The highest BCUT2D eigenvalue weighted by Crippen LogP contribution is 2.44. The summed E-state index contributed by atoms with van der Waals surface area (Å²) in [6.07, 6.45) is 1.38. The number of para-hydroxylation sites is 1. The van der Waals surface area contributed by atoms with E-state index in [0.717, 1.165) is 0 Å². The quantitative estimate of drug-likeness (QED) is 0.214. The minimum absolute atomic E-state index is 0.00943. The number of nitrogens with two attached hydrogens (primary N) is 1. The molecule has 32 heavy (non-hydrogen) atoms. The third-order valence-electron chi connectivity index (χ3n) is 4.17. The van der Waals surface area contributed by atoms with Crippen molar-refractivity contribution < 1.29 is 28.3 Å². The second-order valence-electron chi connectivity index (χ2n) is 6.59. The van der Waals surface area contributed by atoms with Crippen LogP contribution in [0.25, 0.3) is 11.2 Å². The van der Waals surface area contributed by atoms with Crippen molar-refractivity contribution in [2.45, 2.75) is 19.7 Å². The van der Waals surface area contributed by atoms with Crippen molar-refractivity contribution in [2.24, 2.45) is 0 Å². The first-order valence-corrected chi connectivity index (χ1v) is 11.0. The number of carbonyl (C=O) groups excluding carboxylic acids is 1. The average molecular weight is 466 g/mol. The molecular weight excluding hydrogens is 443 g/mol. The molecule has 14 heteroatoms. The Balaban J connectivity index is 1.59. The standard InChI is InChI=1S/C18H23N6O7P/c1-12(14(26)9-25)23-32(28,31-13-5-3-2-4-6-13)30-8-7-29-11-24-10-20-15-16(24)21-18(19)22-17(15)27/h2-6,10,12,25H,7-9,11H2,1H3,(H,23,28)(H3,19,21,22,27)/t12-,32?/m0/s1. The Kier molecular flexibility index (Phi) is 7.72. The number of ketones is 1. The molecule has 1 unspecified atom stereocenters. The average Bonchev–Trinajstić information content (AvgIpc) is 3.16. The number of benzene rings is 1. The zero-order valence-corrected chi connectivity index (χ0v) is 18.0. The summed E-state index contributed by atoms with van der Waals surface area (Å²) < 4.78 is 30.9. The van der Waals surface area contributed by atoms with Crippen molar-refractivity contribution >= 4 is 30.6 Å². The number of hydrogen-bond donors (Lipinski definition) is 4. The fourth-order valence-electron chi connectivity index (χ4n) is 2.60. The molecule has 0 aliphatic carbocycles. The van der Waals surface area contributed by atoms with Crippen molar-refractivity contribution in [3.63, 3.8) is 0 Å². The highest BCUT2D eigenvalue weighted by atomic mass is 31.2. The van der Waals surface area contributed by atoms with Crippen LogP contribution in [0.5, 0.6) is 5.75 Å². The lowest BCUT2D eigenvalue weighted by Gasteiger charge is -2.22. The van der Waals surface area contributed by atoms with Gasteiger partial charge in [0.2, 0.25) is 5.95 Å². The second kappa shape index (κ2) is 10.5. The van der Waals surface area contributed by atoms with E-state index in [1.165, 1.54) is 17.8 Å². The first kappa shape index (κ1) is 23.6. The van der Waals surface area contributed by atoms with Gasteiger partial charge in [-0.05, 0) is 19.1 Å². The first-order chi connectivity index (χ1) is 15.3. The molecule has 172 valence electrons. The lowest BCUT2D eigenvalue weighted by molar-refractivity contribution is -0.123. The molecule has 1 aromatic carbocycles. The smallest absolute Gasteiger partial charge is 0.413 e. The Morgan fingerprint density at radius 2 is 2.09 bits per heavy atom. The summed E-state index contributed by atoms with van der Waals surface area (Å²) in [4.78, 5) is 33.8. The van der Waals surface area contributed by atoms with Gasteiger partial charge in [0.1, 0.15) is 19.1 Å². The van der Waals surface area contributed by atoms with Gasteiger partial charge in [0.25, 0.3) is 5.56 Å². The fraction of sp³-hybridized carbons (Fsp3) is 0.333. The molecule has 2 heterocycles. The number of nitrogen functional groups attached to an aromatic ring is 1. The summed E-state index contributed by atoms with van der Waals surface area (Å²) in [5.41, 5.74) is 5.45. The summed E-state index contributed by atoms with van der Waals surface area (Å²) in [7, 11) is -3.97. The second-order valence-corrected chi connectivity index (χ2v) is 8.28. The number of ether oxygens (including phenoxy) is 1.